The lowest BCUT2D eigenvalue weighted by Gasteiger charge is -2.46. The van der Waals surface area contributed by atoms with Crippen molar-refractivity contribution in [1.82, 2.24) is 10.2 Å². The van der Waals surface area contributed by atoms with Crippen molar-refractivity contribution in [3.05, 3.63) is 24.3 Å². The largest absolute Gasteiger partial charge is 0.481 e. The third-order valence-corrected chi connectivity index (χ3v) is 9.44. The van der Waals surface area contributed by atoms with Crippen LogP contribution in [0.3, 0.4) is 0 Å². The van der Waals surface area contributed by atoms with E-state index in [0.29, 0.717) is 13.2 Å². The molecule has 1 saturated heterocycles. The molecule has 4 atom stereocenters. The van der Waals surface area contributed by atoms with Gasteiger partial charge in [-0.1, -0.05) is 96.4 Å². The Bertz CT molecular complexity index is 978. The van der Waals surface area contributed by atoms with Crippen LogP contribution in [-0.2, 0) is 19.1 Å². The molecule has 4 unspecified atom stereocenters. The summed E-state index contributed by atoms with van der Waals surface area (Å²) < 4.78 is 11.8. The van der Waals surface area contributed by atoms with Crippen LogP contribution < -0.4 is 11.1 Å². The Morgan fingerprint density at radius 1 is 0.913 bits per heavy atom. The number of nitrogens with one attached hydrogen (secondary N) is 1. The van der Waals surface area contributed by atoms with Gasteiger partial charge in [-0.15, -0.1) is 0 Å². The summed E-state index contributed by atoms with van der Waals surface area (Å²) in [5.74, 6) is -2.46. The zero-order valence-electron chi connectivity index (χ0n) is 29.6. The van der Waals surface area contributed by atoms with Gasteiger partial charge in [0.1, 0.15) is 6.10 Å². The van der Waals surface area contributed by atoms with E-state index in [9.17, 15) is 19.5 Å². The molecule has 3 amide bonds. The first-order valence-electron chi connectivity index (χ1n) is 18.1. The van der Waals surface area contributed by atoms with Crippen LogP contribution >= 0.6 is 0 Å². The lowest BCUT2D eigenvalue weighted by Crippen LogP contribution is -2.60. The number of nitrogens with two attached hydrogens (primary N) is 1. The molecule has 264 valence electrons. The molecular formula is C37H65N3O6. The van der Waals surface area contributed by atoms with Crippen LogP contribution in [0.5, 0.6) is 0 Å². The standard InChI is InChI=1S/C37H65N3O6/c1-6-7-8-9-10-11-12-13-14-15-16-17-18-19-20-23-26-40(35(38)44)31-25-22-21-24-29(31)30(27-32(41)42)39-34(43)33-36(2,3)28-45-37(4,5)46-33/h11-12,14-15,29-31,33H,6-10,13,16-28H2,1-5H3,(H2,38,44)(H,39,43)(H,41,42). The molecule has 0 aromatic rings. The number of carboxylic acid groups (broad SMARTS) is 1. The van der Waals surface area contributed by atoms with Gasteiger partial charge in [-0.05, 0) is 65.2 Å². The number of unbranched alkanes of at least 4 members (excludes halogenated alkanes) is 9. The fourth-order valence-electron chi connectivity index (χ4n) is 6.78. The normalized spacial score (nSPS) is 23.4. The minimum atomic E-state index is -0.989. The smallest absolute Gasteiger partial charge is 0.315 e. The van der Waals surface area contributed by atoms with Gasteiger partial charge in [-0.2, -0.15) is 0 Å². The van der Waals surface area contributed by atoms with E-state index < -0.39 is 35.3 Å². The Labute approximate surface area is 279 Å². The second kappa shape index (κ2) is 20.8. The van der Waals surface area contributed by atoms with Gasteiger partial charge in [0.25, 0.3) is 0 Å². The average molecular weight is 648 g/mol. The summed E-state index contributed by atoms with van der Waals surface area (Å²) in [7, 11) is 0. The number of carbonyl (C=O) groups excluding carboxylic acids is 2. The summed E-state index contributed by atoms with van der Waals surface area (Å²) in [6.45, 7) is 10.5. The molecule has 0 radical (unpaired) electrons. The Balaban J connectivity index is 1.86. The maximum atomic E-state index is 13.6. The van der Waals surface area contributed by atoms with Gasteiger partial charge in [0, 0.05) is 30.0 Å². The van der Waals surface area contributed by atoms with Gasteiger partial charge in [0.2, 0.25) is 5.91 Å². The van der Waals surface area contributed by atoms with E-state index >= 15 is 0 Å². The topological polar surface area (TPSA) is 131 Å². The summed E-state index contributed by atoms with van der Waals surface area (Å²) in [5.41, 5.74) is 5.33. The van der Waals surface area contributed by atoms with E-state index in [1.165, 1.54) is 32.1 Å². The van der Waals surface area contributed by atoms with Crippen molar-refractivity contribution < 1.29 is 29.0 Å². The fourth-order valence-corrected chi connectivity index (χ4v) is 6.78. The number of carboxylic acids is 1. The van der Waals surface area contributed by atoms with Crippen molar-refractivity contribution in [2.75, 3.05) is 13.2 Å². The Kier molecular flexibility index (Phi) is 18.0. The molecule has 1 heterocycles. The third kappa shape index (κ3) is 14.6. The van der Waals surface area contributed by atoms with Crippen LogP contribution in [0.4, 0.5) is 4.79 Å². The summed E-state index contributed by atoms with van der Waals surface area (Å²) in [6.07, 6.45) is 25.2. The quantitative estimate of drug-likeness (QED) is 0.0858. The van der Waals surface area contributed by atoms with E-state index in [2.05, 4.69) is 36.5 Å². The van der Waals surface area contributed by atoms with Crippen LogP contribution in [0.1, 0.15) is 144 Å². The maximum absolute atomic E-state index is 13.6. The first-order valence-corrected chi connectivity index (χ1v) is 18.1. The molecule has 9 nitrogen and oxygen atoms in total. The molecule has 0 aromatic heterocycles. The number of allylic oxidation sites excluding steroid dienone is 4. The molecule has 46 heavy (non-hydrogen) atoms. The van der Waals surface area contributed by atoms with E-state index in [-0.39, 0.29) is 24.3 Å². The van der Waals surface area contributed by atoms with E-state index in [4.69, 9.17) is 15.2 Å². The molecule has 9 heteroatoms. The molecular weight excluding hydrogens is 582 g/mol. The molecule has 2 aliphatic rings. The Morgan fingerprint density at radius 2 is 1.52 bits per heavy atom. The number of carbonyl (C=O) groups is 3. The first-order chi connectivity index (χ1) is 21.9. The minimum Gasteiger partial charge on any atom is -0.481 e. The number of hydrogen-bond donors (Lipinski definition) is 3. The highest BCUT2D eigenvalue weighted by Gasteiger charge is 2.47. The molecule has 1 saturated carbocycles. The number of ether oxygens (including phenoxy) is 2. The van der Waals surface area contributed by atoms with Crippen molar-refractivity contribution in [2.24, 2.45) is 17.1 Å². The summed E-state index contributed by atoms with van der Waals surface area (Å²) in [5, 5.41) is 12.8. The summed E-state index contributed by atoms with van der Waals surface area (Å²) in [4.78, 5) is 40.0. The van der Waals surface area contributed by atoms with Gasteiger partial charge < -0.3 is 30.5 Å². The lowest BCUT2D eigenvalue weighted by atomic mass is 9.77. The van der Waals surface area contributed by atoms with Crippen molar-refractivity contribution in [3.8, 4) is 0 Å². The SMILES string of the molecule is CCCCCCC=CCC=CCCCCCCCN(C(N)=O)C1CCCCC1C(CC(=O)O)NC(=O)C1OC(C)(C)OCC1(C)C. The van der Waals surface area contributed by atoms with Gasteiger partial charge >= 0.3 is 12.0 Å². The highest BCUT2D eigenvalue weighted by atomic mass is 16.7. The highest BCUT2D eigenvalue weighted by Crippen LogP contribution is 2.36. The molecule has 1 aliphatic heterocycles. The Morgan fingerprint density at radius 3 is 2.15 bits per heavy atom. The van der Waals surface area contributed by atoms with Crippen LogP contribution in [0.25, 0.3) is 0 Å². The second-order valence-electron chi connectivity index (χ2n) is 14.5. The van der Waals surface area contributed by atoms with Gasteiger partial charge in [0.15, 0.2) is 5.79 Å². The molecule has 4 N–H and O–H groups in total. The first kappa shape index (κ1) is 39.8. The fraction of sp³-hybridized carbons (Fsp3) is 0.811. The van der Waals surface area contributed by atoms with Crippen molar-refractivity contribution in [3.63, 3.8) is 0 Å². The Hall–Kier alpha value is -2.39. The summed E-state index contributed by atoms with van der Waals surface area (Å²) in [6, 6.07) is -1.34. The number of hydrogen-bond acceptors (Lipinski definition) is 5. The van der Waals surface area contributed by atoms with Crippen molar-refractivity contribution in [2.45, 2.75) is 168 Å². The highest BCUT2D eigenvalue weighted by molar-refractivity contribution is 5.83. The van der Waals surface area contributed by atoms with Crippen LogP contribution in [0.15, 0.2) is 24.3 Å². The van der Waals surface area contributed by atoms with Crippen molar-refractivity contribution in [1.29, 1.82) is 0 Å². The lowest BCUT2D eigenvalue weighted by molar-refractivity contribution is -0.304. The minimum absolute atomic E-state index is 0.208. The molecule has 2 rings (SSSR count). The molecule has 0 aromatic carbocycles. The van der Waals surface area contributed by atoms with Gasteiger partial charge in [0.05, 0.1) is 13.0 Å². The number of primary amides is 1. The number of urea groups is 1. The van der Waals surface area contributed by atoms with Crippen molar-refractivity contribution >= 4 is 17.9 Å². The zero-order chi connectivity index (χ0) is 34.0. The molecule has 1 aliphatic carbocycles. The van der Waals surface area contributed by atoms with E-state index in [1.807, 2.05) is 13.8 Å². The molecule has 0 spiro atoms. The molecule has 0 bridgehead atoms. The van der Waals surface area contributed by atoms with Gasteiger partial charge in [-0.3, -0.25) is 9.59 Å². The number of aliphatic carboxylic acids is 1. The van der Waals surface area contributed by atoms with Crippen LogP contribution in [0, 0.1) is 11.3 Å². The van der Waals surface area contributed by atoms with Gasteiger partial charge in [-0.25, -0.2) is 4.79 Å². The predicted octanol–water partition coefficient (Wildman–Crippen LogP) is 7.88. The zero-order valence-corrected chi connectivity index (χ0v) is 29.6. The third-order valence-electron chi connectivity index (χ3n) is 9.44. The summed E-state index contributed by atoms with van der Waals surface area (Å²) >= 11 is 0. The second-order valence-corrected chi connectivity index (χ2v) is 14.5. The maximum Gasteiger partial charge on any atom is 0.315 e. The van der Waals surface area contributed by atoms with E-state index in [0.717, 1.165) is 70.6 Å². The van der Waals surface area contributed by atoms with Crippen LogP contribution in [-0.4, -0.2) is 65.0 Å². The van der Waals surface area contributed by atoms with Crippen LogP contribution in [0.2, 0.25) is 0 Å². The predicted molar refractivity (Wildman–Crippen MR) is 184 cm³/mol. The van der Waals surface area contributed by atoms with E-state index in [1.54, 1.807) is 18.7 Å². The monoisotopic (exact) mass is 647 g/mol. The number of nitrogens with zero attached hydrogens (tertiary/aromatic N) is 1. The average Bonchev–Trinajstić information content (AvgIpc) is 2.99. The molecule has 2 fully saturated rings. The number of amides is 3. The number of rotatable bonds is 21.